The van der Waals surface area contributed by atoms with E-state index in [4.69, 9.17) is 29.4 Å². The molecule has 0 saturated carbocycles. The zero-order valence-corrected chi connectivity index (χ0v) is 25.5. The van der Waals surface area contributed by atoms with E-state index < -0.39 is 48.2 Å². The molecule has 0 saturated heterocycles. The van der Waals surface area contributed by atoms with Crippen LogP contribution in [-0.4, -0.2) is 48.9 Å². The highest BCUT2D eigenvalue weighted by Gasteiger charge is 2.27. The topological polar surface area (TPSA) is 140 Å². The van der Waals surface area contributed by atoms with Crippen molar-refractivity contribution in [1.29, 1.82) is 0 Å². The van der Waals surface area contributed by atoms with Crippen molar-refractivity contribution in [1.82, 2.24) is 0 Å². The molecule has 10 nitrogen and oxygen atoms in total. The molecule has 0 aromatic heterocycles. The van der Waals surface area contributed by atoms with Crippen LogP contribution < -0.4 is 15.2 Å². The van der Waals surface area contributed by atoms with Crippen LogP contribution in [0.5, 0.6) is 11.5 Å². The van der Waals surface area contributed by atoms with Crippen LogP contribution in [0.15, 0.2) is 18.2 Å². The highest BCUT2D eigenvalue weighted by Crippen LogP contribution is 2.31. The van der Waals surface area contributed by atoms with Crippen LogP contribution >= 0.6 is 0 Å². The fourth-order valence-electron chi connectivity index (χ4n) is 3.01. The molecular formula is C30H47NO9. The molecule has 2 N–H and O–H groups in total. The monoisotopic (exact) mass is 565 g/mol. The predicted octanol–water partition coefficient (Wildman–Crippen LogP) is 5.08. The summed E-state index contributed by atoms with van der Waals surface area (Å²) in [5.41, 5.74) is 6.68. The molecule has 0 heterocycles. The van der Waals surface area contributed by atoms with Crippen LogP contribution in [-0.2, 0) is 35.0 Å². The summed E-state index contributed by atoms with van der Waals surface area (Å²) in [6.45, 7) is 18.3. The SMILES string of the molecule is CC(C)COC(=O)O[C@@H](C)[C@H](C)OC(=O)[C@@H](N)Cc1ccc(OC(=O)C(C)C(C)C)c(OC(=O)C(C)C(C)C)c1. The molecule has 10 heteroatoms. The second-order valence-electron chi connectivity index (χ2n) is 11.4. The van der Waals surface area contributed by atoms with Gasteiger partial charge in [0.15, 0.2) is 11.5 Å². The maximum atomic E-state index is 12.7. The first kappa shape index (κ1) is 34.9. The second kappa shape index (κ2) is 16.2. The van der Waals surface area contributed by atoms with Crippen LogP contribution in [0.25, 0.3) is 0 Å². The predicted molar refractivity (Wildman–Crippen MR) is 150 cm³/mol. The van der Waals surface area contributed by atoms with E-state index in [1.165, 1.54) is 12.1 Å². The average molecular weight is 566 g/mol. The number of hydrogen-bond acceptors (Lipinski definition) is 10. The standard InChI is InChI=1S/C30H47NO9/c1-16(2)15-36-30(35)38-22(10)21(9)37-29(34)24(31)13-23-11-12-25(39-27(32)19(7)17(3)4)26(14-23)40-28(33)20(8)18(5)6/h11-12,14,16-22,24H,13,15,31H2,1-10H3/t19?,20?,21-,22-,24-/m0/s1. The largest absolute Gasteiger partial charge is 0.508 e. The molecule has 1 rings (SSSR count). The molecule has 1 aromatic carbocycles. The summed E-state index contributed by atoms with van der Waals surface area (Å²) in [4.78, 5) is 49.8. The smallest absolute Gasteiger partial charge is 0.458 e. The van der Waals surface area contributed by atoms with Crippen LogP contribution in [0.1, 0.15) is 74.8 Å². The molecule has 1 aromatic rings. The Balaban J connectivity index is 2.98. The number of hydrogen-bond donors (Lipinski definition) is 1. The summed E-state index contributed by atoms with van der Waals surface area (Å²) in [5, 5.41) is 0. The molecule has 0 aliphatic rings. The number of benzene rings is 1. The number of rotatable bonds is 14. The van der Waals surface area contributed by atoms with Crippen molar-refractivity contribution in [3.63, 3.8) is 0 Å². The Labute approximate surface area is 238 Å². The van der Waals surface area contributed by atoms with Gasteiger partial charge in [-0.1, -0.05) is 61.5 Å². The highest BCUT2D eigenvalue weighted by atomic mass is 16.7. The van der Waals surface area contributed by atoms with Crippen LogP contribution in [0.4, 0.5) is 4.79 Å². The fourth-order valence-corrected chi connectivity index (χ4v) is 3.01. The van der Waals surface area contributed by atoms with Crippen LogP contribution in [0.3, 0.4) is 0 Å². The van der Waals surface area contributed by atoms with E-state index in [0.717, 1.165) is 0 Å². The molecule has 0 aliphatic carbocycles. The van der Waals surface area contributed by atoms with Gasteiger partial charge in [-0.15, -0.1) is 0 Å². The zero-order chi connectivity index (χ0) is 30.7. The normalized spacial score (nSPS) is 15.2. The van der Waals surface area contributed by atoms with Crippen LogP contribution in [0.2, 0.25) is 0 Å². The molecule has 0 aliphatic heterocycles. The number of esters is 3. The summed E-state index contributed by atoms with van der Waals surface area (Å²) < 4.78 is 26.7. The number of ether oxygens (including phenoxy) is 5. The van der Waals surface area contributed by atoms with Crippen molar-refractivity contribution >= 4 is 24.1 Å². The van der Waals surface area contributed by atoms with E-state index in [1.54, 1.807) is 33.8 Å². The van der Waals surface area contributed by atoms with Gasteiger partial charge in [0.05, 0.1) is 18.4 Å². The van der Waals surface area contributed by atoms with Crippen molar-refractivity contribution < 1.29 is 42.9 Å². The van der Waals surface area contributed by atoms with Gasteiger partial charge in [0.2, 0.25) is 0 Å². The van der Waals surface area contributed by atoms with Crippen molar-refractivity contribution in [3.8, 4) is 11.5 Å². The Morgan fingerprint density at radius 1 is 0.700 bits per heavy atom. The quantitative estimate of drug-likeness (QED) is 0.240. The maximum absolute atomic E-state index is 12.7. The van der Waals surface area contributed by atoms with Crippen LogP contribution in [0, 0.1) is 29.6 Å². The Morgan fingerprint density at radius 3 is 1.70 bits per heavy atom. The van der Waals surface area contributed by atoms with E-state index >= 15 is 0 Å². The Hall–Kier alpha value is -3.14. The molecule has 2 unspecified atom stereocenters. The molecule has 0 spiro atoms. The molecule has 40 heavy (non-hydrogen) atoms. The van der Waals surface area contributed by atoms with Gasteiger partial charge < -0.3 is 29.4 Å². The molecule has 5 atom stereocenters. The molecular weight excluding hydrogens is 518 g/mol. The van der Waals surface area contributed by atoms with Crippen molar-refractivity contribution in [3.05, 3.63) is 23.8 Å². The number of carbonyl (C=O) groups is 4. The zero-order valence-electron chi connectivity index (χ0n) is 25.5. The third kappa shape index (κ3) is 11.5. The summed E-state index contributed by atoms with van der Waals surface area (Å²) >= 11 is 0. The average Bonchev–Trinajstić information content (AvgIpc) is 2.87. The lowest BCUT2D eigenvalue weighted by atomic mass is 9.98. The lowest BCUT2D eigenvalue weighted by molar-refractivity contribution is -0.155. The Bertz CT molecular complexity index is 1000. The summed E-state index contributed by atoms with van der Waals surface area (Å²) in [5.74, 6) is -1.97. The Kier molecular flexibility index (Phi) is 14.1. The molecule has 0 amide bonds. The van der Waals surface area contributed by atoms with Gasteiger partial charge in [-0.3, -0.25) is 14.4 Å². The molecule has 0 radical (unpaired) electrons. The highest BCUT2D eigenvalue weighted by molar-refractivity contribution is 5.79. The van der Waals surface area contributed by atoms with Crippen molar-refractivity contribution in [2.24, 2.45) is 35.3 Å². The molecule has 226 valence electrons. The van der Waals surface area contributed by atoms with Gasteiger partial charge >= 0.3 is 24.1 Å². The summed E-state index contributed by atoms with van der Waals surface area (Å²) in [7, 11) is 0. The van der Waals surface area contributed by atoms with Gasteiger partial charge in [-0.25, -0.2) is 4.79 Å². The lowest BCUT2D eigenvalue weighted by Crippen LogP contribution is -2.39. The molecule has 0 bridgehead atoms. The fraction of sp³-hybridized carbons (Fsp3) is 0.667. The number of nitrogens with two attached hydrogens (primary N) is 1. The van der Waals surface area contributed by atoms with Gasteiger partial charge in [0.1, 0.15) is 18.2 Å². The minimum absolute atomic E-state index is 0.0382. The van der Waals surface area contributed by atoms with E-state index in [-0.39, 0.29) is 48.2 Å². The van der Waals surface area contributed by atoms with Gasteiger partial charge in [-0.2, -0.15) is 0 Å². The third-order valence-electron chi connectivity index (χ3n) is 6.71. The van der Waals surface area contributed by atoms with E-state index in [0.29, 0.717) is 5.56 Å². The summed E-state index contributed by atoms with van der Waals surface area (Å²) in [6, 6.07) is 3.62. The second-order valence-corrected chi connectivity index (χ2v) is 11.4. The minimum atomic E-state index is -1.06. The molecule has 0 fully saturated rings. The van der Waals surface area contributed by atoms with Crippen molar-refractivity contribution in [2.45, 2.75) is 93.9 Å². The first-order chi connectivity index (χ1) is 18.5. The van der Waals surface area contributed by atoms with Gasteiger partial charge in [0.25, 0.3) is 0 Å². The maximum Gasteiger partial charge on any atom is 0.508 e. The summed E-state index contributed by atoms with van der Waals surface area (Å²) in [6.07, 6.45) is -2.32. The lowest BCUT2D eigenvalue weighted by Gasteiger charge is -2.22. The van der Waals surface area contributed by atoms with E-state index in [9.17, 15) is 19.2 Å². The first-order valence-electron chi connectivity index (χ1n) is 13.9. The van der Waals surface area contributed by atoms with E-state index in [2.05, 4.69) is 0 Å². The van der Waals surface area contributed by atoms with E-state index in [1.807, 2.05) is 41.5 Å². The Morgan fingerprint density at radius 2 is 1.20 bits per heavy atom. The number of carbonyl (C=O) groups excluding carboxylic acids is 4. The van der Waals surface area contributed by atoms with Crippen molar-refractivity contribution in [2.75, 3.05) is 6.61 Å². The third-order valence-corrected chi connectivity index (χ3v) is 6.71. The van der Waals surface area contributed by atoms with Gasteiger partial charge in [0, 0.05) is 0 Å². The minimum Gasteiger partial charge on any atom is -0.458 e. The first-order valence-corrected chi connectivity index (χ1v) is 13.9. The van der Waals surface area contributed by atoms with Gasteiger partial charge in [-0.05, 0) is 55.7 Å².